The van der Waals surface area contributed by atoms with Crippen molar-refractivity contribution >= 4 is 131 Å². The van der Waals surface area contributed by atoms with Gasteiger partial charge >= 0.3 is 0 Å². The van der Waals surface area contributed by atoms with Gasteiger partial charge in [0, 0.05) is 62.9 Å². The fourth-order valence-corrected chi connectivity index (χ4v) is 13.1. The summed E-state index contributed by atoms with van der Waals surface area (Å²) >= 11 is 3.86. The van der Waals surface area contributed by atoms with Crippen LogP contribution in [0, 0.1) is 0 Å². The predicted octanol–water partition coefficient (Wildman–Crippen LogP) is 13.7. The van der Waals surface area contributed by atoms with Gasteiger partial charge in [0.25, 0.3) is 6.71 Å². The first-order valence-corrected chi connectivity index (χ1v) is 22.5. The first-order chi connectivity index (χ1) is 29.4. The molecule has 3 aromatic heterocycles. The van der Waals surface area contributed by atoms with E-state index in [2.05, 4.69) is 199 Å². The van der Waals surface area contributed by atoms with Gasteiger partial charge in [0.05, 0.1) is 33.8 Å². The summed E-state index contributed by atoms with van der Waals surface area (Å²) in [6.07, 6.45) is 0. The van der Waals surface area contributed by atoms with E-state index < -0.39 is 0 Å². The monoisotopic (exact) mass is 801 g/mol. The number of benzene rings is 8. The Morgan fingerprint density at radius 1 is 0.467 bits per heavy atom. The molecule has 11 aromatic rings. The molecule has 0 aliphatic carbocycles. The minimum absolute atomic E-state index is 0.0485. The minimum atomic E-state index is -0.103. The molecule has 8 aromatic carbocycles. The van der Waals surface area contributed by atoms with Gasteiger partial charge in [0.1, 0.15) is 0 Å². The van der Waals surface area contributed by atoms with Crippen molar-refractivity contribution in [1.29, 1.82) is 0 Å². The van der Waals surface area contributed by atoms with Crippen molar-refractivity contribution in [2.75, 3.05) is 9.80 Å². The largest absolute Gasteiger partial charge is 0.310 e. The highest BCUT2D eigenvalue weighted by molar-refractivity contribution is 7.33. The zero-order valence-electron chi connectivity index (χ0n) is 33.3. The summed E-state index contributed by atoms with van der Waals surface area (Å²) in [5.74, 6) is 0. The SMILES string of the molecule is CC(C)(C)c1cc2c3c(c1)N1c4c(cccc4-n4c5ccccc5c5cccc1c54)B3c1sc3ccc(-c4ccccc4)cc3c1N2c1ccc2sc3ccccc3c2c1. The van der Waals surface area contributed by atoms with E-state index in [0.717, 1.165) is 0 Å². The molecule has 0 amide bonds. The van der Waals surface area contributed by atoms with Crippen LogP contribution in [-0.2, 0) is 5.41 Å². The van der Waals surface area contributed by atoms with Crippen molar-refractivity contribution in [2.24, 2.45) is 0 Å². The first kappa shape index (κ1) is 33.3. The highest BCUT2D eigenvalue weighted by atomic mass is 32.1. The fourth-order valence-electron chi connectivity index (χ4n) is 10.7. The molecule has 282 valence electrons. The molecule has 0 atom stereocenters. The highest BCUT2D eigenvalue weighted by Crippen LogP contribution is 2.54. The van der Waals surface area contributed by atoms with Crippen molar-refractivity contribution < 1.29 is 0 Å². The normalized spacial score (nSPS) is 13.8. The summed E-state index contributed by atoms with van der Waals surface area (Å²) in [5.41, 5.74) is 17.8. The van der Waals surface area contributed by atoms with Gasteiger partial charge < -0.3 is 14.4 Å². The summed E-state index contributed by atoms with van der Waals surface area (Å²) in [6, 6.07) is 62.1. The molecule has 3 nitrogen and oxygen atoms in total. The number of fused-ring (bicyclic) bond motifs is 14. The van der Waals surface area contributed by atoms with Crippen LogP contribution in [0.15, 0.2) is 164 Å². The first-order valence-electron chi connectivity index (χ1n) is 20.9. The van der Waals surface area contributed by atoms with Crippen molar-refractivity contribution in [3.8, 4) is 16.8 Å². The third-order valence-corrected chi connectivity index (χ3v) is 15.8. The second kappa shape index (κ2) is 11.6. The highest BCUT2D eigenvalue weighted by Gasteiger charge is 2.48. The van der Waals surface area contributed by atoms with Crippen LogP contribution in [0.5, 0.6) is 0 Å². The Balaban J connectivity index is 1.14. The third-order valence-electron chi connectivity index (χ3n) is 13.4. The van der Waals surface area contributed by atoms with Gasteiger partial charge in [-0.15, -0.1) is 22.7 Å². The van der Waals surface area contributed by atoms with Crippen LogP contribution < -0.4 is 25.5 Å². The second-order valence-electron chi connectivity index (χ2n) is 17.7. The summed E-state index contributed by atoms with van der Waals surface area (Å²) in [5, 5.41) is 6.52. The van der Waals surface area contributed by atoms with Crippen molar-refractivity contribution in [3.63, 3.8) is 0 Å². The Morgan fingerprint density at radius 2 is 1.17 bits per heavy atom. The van der Waals surface area contributed by atoms with E-state index in [4.69, 9.17) is 0 Å². The average molecular weight is 802 g/mol. The lowest BCUT2D eigenvalue weighted by Gasteiger charge is -2.46. The zero-order valence-corrected chi connectivity index (χ0v) is 35.0. The maximum atomic E-state index is 2.65. The Labute approximate surface area is 356 Å². The number of para-hydroxylation sites is 3. The lowest BCUT2D eigenvalue weighted by Crippen LogP contribution is -2.61. The second-order valence-corrected chi connectivity index (χ2v) is 19.9. The quantitative estimate of drug-likeness (QED) is 0.161. The van der Waals surface area contributed by atoms with Crippen LogP contribution in [-0.4, -0.2) is 11.3 Å². The summed E-state index contributed by atoms with van der Waals surface area (Å²) in [6.45, 7) is 7.14. The van der Waals surface area contributed by atoms with E-state index in [-0.39, 0.29) is 12.1 Å². The third kappa shape index (κ3) is 4.24. The smallest absolute Gasteiger partial charge is 0.264 e. The number of hydrogen-bond acceptors (Lipinski definition) is 4. The fraction of sp³-hybridized carbons (Fsp3) is 0.0741. The number of nitrogens with zero attached hydrogens (tertiary/aromatic N) is 3. The van der Waals surface area contributed by atoms with Crippen LogP contribution in [0.4, 0.5) is 34.1 Å². The molecule has 0 unspecified atom stereocenters. The van der Waals surface area contributed by atoms with Gasteiger partial charge in [-0.25, -0.2) is 0 Å². The van der Waals surface area contributed by atoms with Crippen LogP contribution in [0.1, 0.15) is 26.3 Å². The zero-order chi connectivity index (χ0) is 39.6. The van der Waals surface area contributed by atoms with Gasteiger partial charge in [0.15, 0.2) is 0 Å². The number of rotatable bonds is 2. The van der Waals surface area contributed by atoms with Gasteiger partial charge in [-0.3, -0.25) is 0 Å². The van der Waals surface area contributed by atoms with Crippen molar-refractivity contribution in [1.82, 2.24) is 4.57 Å². The average Bonchev–Trinajstić information content (AvgIpc) is 3.96. The van der Waals surface area contributed by atoms with E-state index >= 15 is 0 Å². The lowest BCUT2D eigenvalue weighted by molar-refractivity contribution is 0.590. The maximum Gasteiger partial charge on any atom is 0.264 e. The molecule has 0 spiro atoms. The Morgan fingerprint density at radius 3 is 2.03 bits per heavy atom. The van der Waals surface area contributed by atoms with Crippen LogP contribution in [0.25, 0.3) is 68.9 Å². The molecular weight excluding hydrogens is 766 g/mol. The number of aromatic nitrogens is 1. The van der Waals surface area contributed by atoms with Crippen LogP contribution in [0.3, 0.4) is 0 Å². The predicted molar refractivity (Wildman–Crippen MR) is 261 cm³/mol. The molecule has 3 aliphatic heterocycles. The van der Waals surface area contributed by atoms with Gasteiger partial charge in [-0.2, -0.15) is 0 Å². The lowest BCUT2D eigenvalue weighted by atomic mass is 9.36. The van der Waals surface area contributed by atoms with Crippen molar-refractivity contribution in [2.45, 2.75) is 26.2 Å². The molecule has 0 saturated heterocycles. The van der Waals surface area contributed by atoms with Crippen LogP contribution >= 0.6 is 22.7 Å². The van der Waals surface area contributed by atoms with Crippen molar-refractivity contribution in [3.05, 3.63) is 169 Å². The topological polar surface area (TPSA) is 11.4 Å². The summed E-state index contributed by atoms with van der Waals surface area (Å²) in [7, 11) is 0. The molecule has 3 aliphatic rings. The minimum Gasteiger partial charge on any atom is -0.310 e. The molecule has 0 saturated carbocycles. The molecule has 6 heterocycles. The molecule has 6 heteroatoms. The molecular formula is C54H36BN3S2. The molecule has 0 radical (unpaired) electrons. The number of hydrogen-bond donors (Lipinski definition) is 0. The Kier molecular flexibility index (Phi) is 6.41. The number of thiophene rings is 2. The molecule has 60 heavy (non-hydrogen) atoms. The Hall–Kier alpha value is -6.60. The van der Waals surface area contributed by atoms with Gasteiger partial charge in [-0.05, 0) is 99.8 Å². The van der Waals surface area contributed by atoms with Gasteiger partial charge in [0.2, 0.25) is 0 Å². The molecule has 14 rings (SSSR count). The summed E-state index contributed by atoms with van der Waals surface area (Å²) in [4.78, 5) is 5.28. The molecule has 0 fully saturated rings. The molecule has 0 N–H and O–H groups in total. The standard InChI is InChI=1S/C54H36BN3S2/c1-54(2,3)33-28-44-49-45(29-33)58-42-20-11-17-37-35-15-7-9-19-41(35)57(50(37)42)43-21-12-18-40(52(43)58)55(49)53-51(39-27-32(23-25-48(39)60-53)31-13-5-4-6-14-31)56(44)34-24-26-47-38(30-34)36-16-8-10-22-46(36)59-47/h4-30H,1-3H3. The van der Waals surface area contributed by atoms with E-state index in [9.17, 15) is 0 Å². The Bertz CT molecular complexity index is 3680. The number of anilines is 6. The van der Waals surface area contributed by atoms with E-state index in [0.29, 0.717) is 0 Å². The molecule has 0 bridgehead atoms. The van der Waals surface area contributed by atoms with Gasteiger partial charge in [-0.1, -0.05) is 118 Å². The summed E-state index contributed by atoms with van der Waals surface area (Å²) < 4.78 is 7.90. The van der Waals surface area contributed by atoms with Crippen LogP contribution in [0.2, 0.25) is 0 Å². The van der Waals surface area contributed by atoms with E-state index in [1.165, 1.54) is 124 Å². The van der Waals surface area contributed by atoms with E-state index in [1.54, 1.807) is 0 Å². The van der Waals surface area contributed by atoms with E-state index in [1.807, 2.05) is 22.7 Å². The maximum absolute atomic E-state index is 2.65.